The molecule has 32 heavy (non-hydrogen) atoms. The number of nitrogens with one attached hydrogen (secondary N) is 2. The lowest BCUT2D eigenvalue weighted by molar-refractivity contribution is -0.173. The van der Waals surface area contributed by atoms with Gasteiger partial charge in [0.25, 0.3) is 5.91 Å². The molecule has 0 aliphatic carbocycles. The Morgan fingerprint density at radius 2 is 2.09 bits per heavy atom. The highest BCUT2D eigenvalue weighted by molar-refractivity contribution is 7.10. The van der Waals surface area contributed by atoms with E-state index in [4.69, 9.17) is 21.1 Å². The van der Waals surface area contributed by atoms with Crippen LogP contribution in [0.5, 0.6) is 11.5 Å². The molecule has 1 aliphatic rings. The van der Waals surface area contributed by atoms with E-state index in [0.29, 0.717) is 11.5 Å². The summed E-state index contributed by atoms with van der Waals surface area (Å²) in [6.45, 7) is 0. The number of hydrogen-bond acceptors (Lipinski definition) is 6. The third-order valence-electron chi connectivity index (χ3n) is 5.05. The van der Waals surface area contributed by atoms with Crippen LogP contribution in [0.3, 0.4) is 0 Å². The Balaban J connectivity index is 1.68. The van der Waals surface area contributed by atoms with Crippen LogP contribution in [0.15, 0.2) is 35.7 Å². The van der Waals surface area contributed by atoms with Gasteiger partial charge in [-0.1, -0.05) is 17.7 Å². The predicted molar refractivity (Wildman–Crippen MR) is 115 cm³/mol. The number of methoxy groups -OCH3 is 2. The molecule has 0 radical (unpaired) electrons. The van der Waals surface area contributed by atoms with E-state index in [9.17, 15) is 18.0 Å². The van der Waals surface area contributed by atoms with E-state index in [1.54, 1.807) is 35.7 Å². The van der Waals surface area contributed by atoms with E-state index >= 15 is 0 Å². The summed E-state index contributed by atoms with van der Waals surface area (Å²) in [7, 11) is 2.89. The lowest BCUT2D eigenvalue weighted by atomic mass is 10.0. The van der Waals surface area contributed by atoms with Crippen molar-refractivity contribution in [3.05, 3.63) is 51.3 Å². The van der Waals surface area contributed by atoms with Crippen LogP contribution in [0.2, 0.25) is 5.02 Å². The molecule has 0 saturated heterocycles. The lowest BCUT2D eigenvalue weighted by Crippen LogP contribution is -2.35. The van der Waals surface area contributed by atoms with E-state index in [1.165, 1.54) is 25.6 Å². The zero-order valence-corrected chi connectivity index (χ0v) is 18.4. The van der Waals surface area contributed by atoms with E-state index in [1.807, 2.05) is 0 Å². The summed E-state index contributed by atoms with van der Waals surface area (Å²) in [5.41, 5.74) is -0.0368. The van der Waals surface area contributed by atoms with Crippen LogP contribution >= 0.6 is 22.9 Å². The number of halogens is 4. The van der Waals surface area contributed by atoms with Gasteiger partial charge in [0.15, 0.2) is 11.7 Å². The van der Waals surface area contributed by atoms with Gasteiger partial charge >= 0.3 is 6.18 Å². The Kier molecular flexibility index (Phi) is 5.95. The molecule has 2 N–H and O–H groups in total. The number of carbonyl (C=O) groups is 1. The molecule has 0 saturated carbocycles. The Hall–Kier alpha value is -2.92. The van der Waals surface area contributed by atoms with Crippen molar-refractivity contribution in [1.82, 2.24) is 9.78 Å². The van der Waals surface area contributed by atoms with Crippen molar-refractivity contribution in [3.8, 4) is 11.5 Å². The minimum atomic E-state index is -4.57. The number of aromatic nitrogens is 2. The lowest BCUT2D eigenvalue weighted by Gasteiger charge is -2.32. The van der Waals surface area contributed by atoms with Gasteiger partial charge in [-0.2, -0.15) is 18.3 Å². The highest BCUT2D eigenvalue weighted by Crippen LogP contribution is 2.47. The van der Waals surface area contributed by atoms with Gasteiger partial charge in [-0.25, -0.2) is 4.68 Å². The van der Waals surface area contributed by atoms with Crippen molar-refractivity contribution in [2.75, 3.05) is 24.9 Å². The van der Waals surface area contributed by atoms with Crippen LogP contribution < -0.4 is 20.1 Å². The molecule has 0 fully saturated rings. The standard InChI is InChI=1S/C20H18ClF3N4O3S/c1-30-10-5-6-11(13(8-10)31-2)26-19(29)17-16(21)18-25-12(14-4-3-7-32-14)9-15(20(22,23)24)28(18)27-17/h3-8,12,15,25H,9H2,1-2H3,(H,26,29). The van der Waals surface area contributed by atoms with Crippen molar-refractivity contribution >= 4 is 40.4 Å². The third-order valence-corrected chi connectivity index (χ3v) is 6.40. The minimum absolute atomic E-state index is 0.0505. The summed E-state index contributed by atoms with van der Waals surface area (Å²) >= 11 is 7.68. The van der Waals surface area contributed by atoms with Crippen LogP contribution in [0.25, 0.3) is 0 Å². The second-order valence-corrected chi connectivity index (χ2v) is 8.34. The topological polar surface area (TPSA) is 77.4 Å². The Bertz CT molecular complexity index is 1130. The fourth-order valence-electron chi connectivity index (χ4n) is 3.49. The molecule has 12 heteroatoms. The summed E-state index contributed by atoms with van der Waals surface area (Å²) < 4.78 is 52.6. The van der Waals surface area contributed by atoms with Crippen molar-refractivity contribution in [2.45, 2.75) is 24.7 Å². The molecule has 0 bridgehead atoms. The summed E-state index contributed by atoms with van der Waals surface area (Å²) in [4.78, 5) is 13.6. The van der Waals surface area contributed by atoms with Crippen molar-refractivity contribution in [1.29, 1.82) is 0 Å². The number of nitrogens with zero attached hydrogens (tertiary/aromatic N) is 2. The second kappa shape index (κ2) is 8.55. The van der Waals surface area contributed by atoms with Crippen LogP contribution in [0, 0.1) is 0 Å². The fourth-order valence-corrected chi connectivity index (χ4v) is 4.55. The summed E-state index contributed by atoms with van der Waals surface area (Å²) in [6, 6.07) is 5.68. The molecule has 1 aromatic carbocycles. The maximum Gasteiger partial charge on any atom is 0.410 e. The fraction of sp³-hybridized carbons (Fsp3) is 0.300. The van der Waals surface area contributed by atoms with Crippen LogP contribution in [0.4, 0.5) is 24.7 Å². The van der Waals surface area contributed by atoms with E-state index in [2.05, 4.69) is 15.7 Å². The van der Waals surface area contributed by atoms with Gasteiger partial charge in [0.1, 0.15) is 22.3 Å². The van der Waals surface area contributed by atoms with Gasteiger partial charge in [-0.3, -0.25) is 4.79 Å². The number of hydrogen-bond donors (Lipinski definition) is 2. The SMILES string of the molecule is COc1ccc(NC(=O)c2nn3c(c2Cl)NC(c2cccs2)CC3C(F)(F)F)c(OC)c1. The molecule has 7 nitrogen and oxygen atoms in total. The van der Waals surface area contributed by atoms with Crippen molar-refractivity contribution in [2.24, 2.45) is 0 Å². The first-order chi connectivity index (χ1) is 15.2. The Labute approximate surface area is 190 Å². The summed E-state index contributed by atoms with van der Waals surface area (Å²) in [5, 5.41) is 11.1. The van der Waals surface area contributed by atoms with Gasteiger partial charge < -0.3 is 20.1 Å². The first-order valence-electron chi connectivity index (χ1n) is 9.41. The number of anilines is 2. The van der Waals surface area contributed by atoms with E-state index in [-0.39, 0.29) is 28.6 Å². The first-order valence-corrected chi connectivity index (χ1v) is 10.7. The molecule has 3 heterocycles. The molecule has 1 amide bonds. The molecular formula is C20H18ClF3N4O3S. The first kappa shape index (κ1) is 22.3. The molecule has 4 rings (SSSR count). The molecule has 170 valence electrons. The van der Waals surface area contributed by atoms with E-state index < -0.39 is 24.2 Å². The predicted octanol–water partition coefficient (Wildman–Crippen LogP) is 5.53. The average Bonchev–Trinajstić information content (AvgIpc) is 3.41. The summed E-state index contributed by atoms with van der Waals surface area (Å²) in [6.07, 6.45) is -4.85. The number of alkyl halides is 3. The minimum Gasteiger partial charge on any atom is -0.497 e. The quantitative estimate of drug-likeness (QED) is 0.496. The number of fused-ring (bicyclic) bond motifs is 1. The number of thiophene rings is 1. The maximum absolute atomic E-state index is 13.8. The van der Waals surface area contributed by atoms with Crippen LogP contribution in [-0.2, 0) is 0 Å². The van der Waals surface area contributed by atoms with Crippen molar-refractivity contribution < 1.29 is 27.4 Å². The van der Waals surface area contributed by atoms with Gasteiger partial charge in [-0.15, -0.1) is 11.3 Å². The number of benzene rings is 1. The number of rotatable bonds is 5. The molecule has 1 aliphatic heterocycles. The number of carbonyl (C=O) groups excluding carboxylic acids is 1. The average molecular weight is 487 g/mol. The zero-order chi connectivity index (χ0) is 23.0. The second-order valence-electron chi connectivity index (χ2n) is 6.98. The van der Waals surface area contributed by atoms with Gasteiger partial charge in [0.2, 0.25) is 0 Å². The zero-order valence-electron chi connectivity index (χ0n) is 16.9. The highest BCUT2D eigenvalue weighted by Gasteiger charge is 2.48. The highest BCUT2D eigenvalue weighted by atomic mass is 35.5. The molecule has 0 spiro atoms. The Morgan fingerprint density at radius 1 is 1.31 bits per heavy atom. The van der Waals surface area contributed by atoms with Crippen LogP contribution in [0.1, 0.15) is 33.9 Å². The number of amides is 1. The van der Waals surface area contributed by atoms with Gasteiger partial charge in [0.05, 0.1) is 25.9 Å². The Morgan fingerprint density at radius 3 is 2.72 bits per heavy atom. The van der Waals surface area contributed by atoms with Gasteiger partial charge in [0, 0.05) is 17.4 Å². The molecule has 3 aromatic rings. The normalized spacial score (nSPS) is 17.9. The monoisotopic (exact) mass is 486 g/mol. The van der Waals surface area contributed by atoms with Crippen LogP contribution in [-0.4, -0.2) is 36.1 Å². The molecule has 2 atom stereocenters. The maximum atomic E-state index is 13.8. The largest absolute Gasteiger partial charge is 0.497 e. The molecular weight excluding hydrogens is 469 g/mol. The van der Waals surface area contributed by atoms with E-state index in [0.717, 1.165) is 9.56 Å². The van der Waals surface area contributed by atoms with Gasteiger partial charge in [-0.05, 0) is 23.6 Å². The van der Waals surface area contributed by atoms with Crippen molar-refractivity contribution in [3.63, 3.8) is 0 Å². The smallest absolute Gasteiger partial charge is 0.410 e. The molecule has 2 unspecified atom stereocenters. The number of ether oxygens (including phenoxy) is 2. The molecule has 2 aromatic heterocycles. The summed E-state index contributed by atoms with van der Waals surface area (Å²) in [5.74, 6) is -0.00438. The third kappa shape index (κ3) is 4.09.